The molecular weight excluding hydrogens is 479 g/mol. The number of halogens is 2. The number of aromatic nitrogens is 2. The maximum atomic E-state index is 12.9. The Morgan fingerprint density at radius 3 is 2.47 bits per heavy atom. The molecule has 0 spiro atoms. The predicted octanol–water partition coefficient (Wildman–Crippen LogP) is 5.09. The molecule has 0 aliphatic rings. The maximum Gasteiger partial charge on any atom is 0.286 e. The molecule has 0 atom stereocenters. The lowest BCUT2D eigenvalue weighted by molar-refractivity contribution is 0.0950. The Morgan fingerprint density at radius 2 is 1.74 bits per heavy atom. The molecule has 2 amide bonds. The van der Waals surface area contributed by atoms with E-state index in [1.807, 2.05) is 12.1 Å². The zero-order chi connectivity index (χ0) is 23.9. The van der Waals surface area contributed by atoms with Gasteiger partial charge in [0.15, 0.2) is 5.01 Å². The van der Waals surface area contributed by atoms with Crippen molar-refractivity contribution in [1.29, 1.82) is 0 Å². The first-order valence-electron chi connectivity index (χ1n) is 10.1. The highest BCUT2D eigenvalue weighted by molar-refractivity contribution is 7.13. The van der Waals surface area contributed by atoms with Crippen molar-refractivity contribution in [3.8, 4) is 5.75 Å². The Hall–Kier alpha value is -3.82. The minimum absolute atomic E-state index is 0.107. The number of ether oxygens (including phenoxy) is 1. The average Bonchev–Trinajstić information content (AvgIpc) is 3.32. The van der Waals surface area contributed by atoms with Gasteiger partial charge in [-0.05, 0) is 66.2 Å². The van der Waals surface area contributed by atoms with Crippen molar-refractivity contribution < 1.29 is 18.7 Å². The molecule has 10 heteroatoms. The van der Waals surface area contributed by atoms with E-state index in [-0.39, 0.29) is 23.3 Å². The number of anilines is 1. The lowest BCUT2D eigenvalue weighted by Crippen LogP contribution is -2.22. The molecule has 0 saturated heterocycles. The standard InChI is InChI=1S/C24H18ClFN4O3S/c25-17-3-1-2-15(12-17)13-27-22(31)16-4-8-19(9-5-16)28-23(32)24-30-29-21(34-24)14-33-20-10-6-18(26)7-11-20/h1-12H,13-14H2,(H,27,31)(H,28,32). The molecule has 34 heavy (non-hydrogen) atoms. The van der Waals surface area contributed by atoms with Crippen LogP contribution in [0.25, 0.3) is 0 Å². The fraction of sp³-hybridized carbons (Fsp3) is 0.0833. The number of amides is 2. The van der Waals surface area contributed by atoms with Gasteiger partial charge in [0.1, 0.15) is 18.2 Å². The fourth-order valence-corrected chi connectivity index (χ4v) is 3.76. The zero-order valence-electron chi connectivity index (χ0n) is 17.6. The van der Waals surface area contributed by atoms with Crippen LogP contribution in [0.5, 0.6) is 5.75 Å². The van der Waals surface area contributed by atoms with E-state index < -0.39 is 5.91 Å². The van der Waals surface area contributed by atoms with Crippen LogP contribution in [0.4, 0.5) is 10.1 Å². The van der Waals surface area contributed by atoms with Crippen molar-refractivity contribution in [1.82, 2.24) is 15.5 Å². The molecule has 0 radical (unpaired) electrons. The Labute approximate surface area is 203 Å². The molecule has 0 aliphatic heterocycles. The molecule has 3 aromatic carbocycles. The highest BCUT2D eigenvalue weighted by atomic mass is 35.5. The number of carbonyl (C=O) groups excluding carboxylic acids is 2. The Bertz CT molecular complexity index is 1300. The molecule has 4 rings (SSSR count). The summed E-state index contributed by atoms with van der Waals surface area (Å²) in [5.74, 6) is -0.538. The van der Waals surface area contributed by atoms with Gasteiger partial charge in [0.25, 0.3) is 11.8 Å². The van der Waals surface area contributed by atoms with Gasteiger partial charge >= 0.3 is 0 Å². The summed E-state index contributed by atoms with van der Waals surface area (Å²) in [6.07, 6.45) is 0. The van der Waals surface area contributed by atoms with Crippen LogP contribution in [0.3, 0.4) is 0 Å². The third-order valence-corrected chi connectivity index (χ3v) is 5.71. The van der Waals surface area contributed by atoms with E-state index in [0.29, 0.717) is 33.6 Å². The second kappa shape index (κ2) is 10.9. The average molecular weight is 497 g/mol. The first-order valence-corrected chi connectivity index (χ1v) is 11.3. The quantitative estimate of drug-likeness (QED) is 0.354. The van der Waals surface area contributed by atoms with Crippen LogP contribution in [0, 0.1) is 5.82 Å². The molecule has 0 bridgehead atoms. The number of carbonyl (C=O) groups is 2. The number of hydrogen-bond acceptors (Lipinski definition) is 6. The van der Waals surface area contributed by atoms with Crippen molar-refractivity contribution in [2.45, 2.75) is 13.2 Å². The van der Waals surface area contributed by atoms with Crippen LogP contribution < -0.4 is 15.4 Å². The largest absolute Gasteiger partial charge is 0.486 e. The van der Waals surface area contributed by atoms with Crippen LogP contribution in [-0.4, -0.2) is 22.0 Å². The van der Waals surface area contributed by atoms with E-state index in [1.54, 1.807) is 36.4 Å². The van der Waals surface area contributed by atoms with Gasteiger partial charge in [-0.25, -0.2) is 4.39 Å². The van der Waals surface area contributed by atoms with Crippen molar-refractivity contribution >= 4 is 40.4 Å². The van der Waals surface area contributed by atoms with Gasteiger partial charge in [0.2, 0.25) is 5.01 Å². The number of nitrogens with zero attached hydrogens (tertiary/aromatic N) is 2. The smallest absolute Gasteiger partial charge is 0.286 e. The van der Waals surface area contributed by atoms with Crippen molar-refractivity contribution in [2.24, 2.45) is 0 Å². The molecule has 0 unspecified atom stereocenters. The number of benzene rings is 3. The van der Waals surface area contributed by atoms with Gasteiger partial charge in [0.05, 0.1) is 0 Å². The Balaban J connectivity index is 1.28. The summed E-state index contributed by atoms with van der Waals surface area (Å²) in [4.78, 5) is 24.8. The monoisotopic (exact) mass is 496 g/mol. The summed E-state index contributed by atoms with van der Waals surface area (Å²) in [6.45, 7) is 0.456. The molecule has 1 aromatic heterocycles. The van der Waals surface area contributed by atoms with Crippen LogP contribution in [0.1, 0.15) is 30.7 Å². The van der Waals surface area contributed by atoms with Crippen molar-refractivity contribution in [3.63, 3.8) is 0 Å². The van der Waals surface area contributed by atoms with Crippen LogP contribution >= 0.6 is 22.9 Å². The van der Waals surface area contributed by atoms with Gasteiger partial charge in [0, 0.05) is 22.8 Å². The highest BCUT2D eigenvalue weighted by Crippen LogP contribution is 2.18. The molecular formula is C24H18ClFN4O3S. The van der Waals surface area contributed by atoms with E-state index in [0.717, 1.165) is 16.9 Å². The first kappa shape index (κ1) is 23.3. The number of rotatable bonds is 8. The molecule has 172 valence electrons. The molecule has 2 N–H and O–H groups in total. The van der Waals surface area contributed by atoms with Crippen LogP contribution in [0.15, 0.2) is 72.8 Å². The summed E-state index contributed by atoms with van der Waals surface area (Å²) >= 11 is 7.04. The van der Waals surface area contributed by atoms with Gasteiger partial charge in [-0.2, -0.15) is 0 Å². The first-order chi connectivity index (χ1) is 16.5. The molecule has 0 fully saturated rings. The third kappa shape index (κ3) is 6.37. The van der Waals surface area contributed by atoms with Crippen molar-refractivity contribution in [2.75, 3.05) is 5.32 Å². The molecule has 0 aliphatic carbocycles. The summed E-state index contributed by atoms with van der Waals surface area (Å²) in [6, 6.07) is 19.3. The van der Waals surface area contributed by atoms with Crippen molar-refractivity contribution in [3.05, 3.63) is 105 Å². The summed E-state index contributed by atoms with van der Waals surface area (Å²) < 4.78 is 18.5. The van der Waals surface area contributed by atoms with E-state index in [2.05, 4.69) is 20.8 Å². The molecule has 4 aromatic rings. The number of nitrogens with one attached hydrogen (secondary N) is 2. The second-order valence-corrected chi connectivity index (χ2v) is 8.59. The van der Waals surface area contributed by atoms with E-state index in [4.69, 9.17) is 16.3 Å². The van der Waals surface area contributed by atoms with E-state index in [9.17, 15) is 14.0 Å². The minimum atomic E-state index is -0.427. The normalized spacial score (nSPS) is 10.5. The van der Waals surface area contributed by atoms with Crippen LogP contribution in [-0.2, 0) is 13.2 Å². The maximum absolute atomic E-state index is 12.9. The minimum Gasteiger partial charge on any atom is -0.486 e. The second-order valence-electron chi connectivity index (χ2n) is 7.09. The van der Waals surface area contributed by atoms with Gasteiger partial charge in [-0.1, -0.05) is 35.1 Å². The van der Waals surface area contributed by atoms with Gasteiger partial charge in [-0.3, -0.25) is 9.59 Å². The Kier molecular flexibility index (Phi) is 7.46. The predicted molar refractivity (Wildman–Crippen MR) is 128 cm³/mol. The molecule has 0 saturated carbocycles. The summed E-state index contributed by atoms with van der Waals surface area (Å²) in [5, 5.41) is 14.7. The van der Waals surface area contributed by atoms with E-state index in [1.165, 1.54) is 24.3 Å². The van der Waals surface area contributed by atoms with E-state index >= 15 is 0 Å². The zero-order valence-corrected chi connectivity index (χ0v) is 19.2. The van der Waals surface area contributed by atoms with Gasteiger partial charge < -0.3 is 15.4 Å². The molecule has 1 heterocycles. The summed E-state index contributed by atoms with van der Waals surface area (Å²) in [7, 11) is 0. The SMILES string of the molecule is O=C(NCc1cccc(Cl)c1)c1ccc(NC(=O)c2nnc(COc3ccc(F)cc3)s2)cc1. The molecule has 7 nitrogen and oxygen atoms in total. The summed E-state index contributed by atoms with van der Waals surface area (Å²) in [5.41, 5.74) is 1.86. The topological polar surface area (TPSA) is 93.2 Å². The lowest BCUT2D eigenvalue weighted by Gasteiger charge is -2.07. The fourth-order valence-electron chi connectivity index (χ4n) is 2.90. The van der Waals surface area contributed by atoms with Gasteiger partial charge in [-0.15, -0.1) is 10.2 Å². The third-order valence-electron chi connectivity index (χ3n) is 4.58. The van der Waals surface area contributed by atoms with Crippen LogP contribution in [0.2, 0.25) is 5.02 Å². The highest BCUT2D eigenvalue weighted by Gasteiger charge is 2.14. The number of hydrogen-bond donors (Lipinski definition) is 2. The Morgan fingerprint density at radius 1 is 0.971 bits per heavy atom. The lowest BCUT2D eigenvalue weighted by atomic mass is 10.1.